The number of hydrogen-bond donors (Lipinski definition) is 0. The van der Waals surface area contributed by atoms with Crippen LogP contribution in [0.4, 0.5) is 51.2 Å². The molecule has 0 aliphatic carbocycles. The van der Waals surface area contributed by atoms with Gasteiger partial charge in [-0.2, -0.15) is 0 Å². The van der Waals surface area contributed by atoms with Crippen molar-refractivity contribution < 1.29 is 0 Å². The van der Waals surface area contributed by atoms with Crippen LogP contribution < -0.4 is 14.7 Å². The van der Waals surface area contributed by atoms with Crippen LogP contribution in [0.1, 0.15) is 57.1 Å². The summed E-state index contributed by atoms with van der Waals surface area (Å²) in [5.74, 6) is 0.511. The van der Waals surface area contributed by atoms with Crippen LogP contribution in [-0.2, 0) is 6.42 Å². The largest absolute Gasteiger partial charge is 0.311 e. The highest BCUT2D eigenvalue weighted by Crippen LogP contribution is 2.40. The van der Waals surface area contributed by atoms with Gasteiger partial charge in [-0.1, -0.05) is 155 Å². The molecule has 0 radical (unpaired) electrons. The smallest absolute Gasteiger partial charge is 0.0462 e. The Morgan fingerprint density at radius 3 is 0.846 bits per heavy atom. The van der Waals surface area contributed by atoms with E-state index in [1.165, 1.54) is 46.2 Å². The number of hydrogen-bond acceptors (Lipinski definition) is 3. The third kappa shape index (κ3) is 9.81. The number of benzene rings is 9. The van der Waals surface area contributed by atoms with E-state index < -0.39 is 0 Å². The van der Waals surface area contributed by atoms with E-state index in [0.717, 1.165) is 64.0 Å². The topological polar surface area (TPSA) is 9.72 Å². The fourth-order valence-corrected chi connectivity index (χ4v) is 8.66. The van der Waals surface area contributed by atoms with Crippen LogP contribution in [0.2, 0.25) is 0 Å². The average Bonchev–Trinajstić information content (AvgIpc) is 3.38. The van der Waals surface area contributed by atoms with Crippen molar-refractivity contribution in [1.82, 2.24) is 0 Å². The Hall–Kier alpha value is -7.62. The summed E-state index contributed by atoms with van der Waals surface area (Å²) in [6, 6.07) is 85.8. The number of anilines is 9. The van der Waals surface area contributed by atoms with Crippen LogP contribution >= 0.6 is 0 Å². The minimum Gasteiger partial charge on any atom is -0.311 e. The first kappa shape index (κ1) is 42.7. The molecule has 0 saturated heterocycles. The van der Waals surface area contributed by atoms with Gasteiger partial charge in [-0.3, -0.25) is 0 Å². The molecule has 3 nitrogen and oxygen atoms in total. The van der Waals surface area contributed by atoms with E-state index in [1.54, 1.807) is 0 Å². The molecule has 0 saturated carbocycles. The molecule has 0 heterocycles. The summed E-state index contributed by atoms with van der Waals surface area (Å²) < 4.78 is 0. The van der Waals surface area contributed by atoms with Crippen LogP contribution in [0.25, 0.3) is 22.3 Å². The molecule has 0 N–H and O–H groups in total. The van der Waals surface area contributed by atoms with Gasteiger partial charge < -0.3 is 14.7 Å². The van der Waals surface area contributed by atoms with Gasteiger partial charge >= 0.3 is 0 Å². The molecule has 1 unspecified atom stereocenters. The molecular weight excluding hydrogens is 787 g/mol. The fraction of sp³-hybridized carbons (Fsp3) is 0.129. The van der Waals surface area contributed by atoms with Crippen LogP contribution in [0, 0.1) is 0 Å². The number of nitrogens with zero attached hydrogens (tertiary/aromatic N) is 3. The van der Waals surface area contributed by atoms with Gasteiger partial charge in [0.1, 0.15) is 0 Å². The maximum atomic E-state index is 2.36. The minimum atomic E-state index is 0.511. The molecule has 9 aromatic carbocycles. The Balaban J connectivity index is 0.986. The minimum absolute atomic E-state index is 0.511. The molecule has 0 spiro atoms. The second-order valence-electron chi connectivity index (χ2n) is 16.9. The van der Waals surface area contributed by atoms with E-state index >= 15 is 0 Å². The van der Waals surface area contributed by atoms with Crippen molar-refractivity contribution in [1.29, 1.82) is 0 Å². The summed E-state index contributed by atoms with van der Waals surface area (Å²) >= 11 is 0. The van der Waals surface area contributed by atoms with Gasteiger partial charge in [0.25, 0.3) is 0 Å². The van der Waals surface area contributed by atoms with Crippen LogP contribution in [0.3, 0.4) is 0 Å². The van der Waals surface area contributed by atoms with Gasteiger partial charge in [-0.25, -0.2) is 0 Å². The quantitative estimate of drug-likeness (QED) is 0.0959. The lowest BCUT2D eigenvalue weighted by molar-refractivity contribution is 0.733. The predicted octanol–water partition coefficient (Wildman–Crippen LogP) is 18.3. The van der Waals surface area contributed by atoms with E-state index in [-0.39, 0.29) is 0 Å². The highest BCUT2D eigenvalue weighted by Gasteiger charge is 2.17. The van der Waals surface area contributed by atoms with Crippen molar-refractivity contribution in [3.8, 4) is 22.3 Å². The zero-order valence-electron chi connectivity index (χ0n) is 37.8. The zero-order chi connectivity index (χ0) is 44.4. The van der Waals surface area contributed by atoms with Crippen molar-refractivity contribution in [3.63, 3.8) is 0 Å². The van der Waals surface area contributed by atoms with Gasteiger partial charge in [0.15, 0.2) is 0 Å². The van der Waals surface area contributed by atoms with Crippen molar-refractivity contribution in [3.05, 3.63) is 248 Å². The summed E-state index contributed by atoms with van der Waals surface area (Å²) in [6.07, 6.45) is 4.64. The normalized spacial score (nSPS) is 11.5. The summed E-state index contributed by atoms with van der Waals surface area (Å²) in [7, 11) is 0. The fourth-order valence-electron chi connectivity index (χ4n) is 8.66. The molecular formula is C62H57N3. The van der Waals surface area contributed by atoms with E-state index in [0.29, 0.717) is 5.92 Å². The molecule has 0 aliphatic heterocycles. The second-order valence-corrected chi connectivity index (χ2v) is 16.9. The zero-order valence-corrected chi connectivity index (χ0v) is 37.8. The average molecular weight is 844 g/mol. The van der Waals surface area contributed by atoms with Crippen molar-refractivity contribution >= 4 is 51.2 Å². The summed E-state index contributed by atoms with van der Waals surface area (Å²) in [4.78, 5) is 7.00. The van der Waals surface area contributed by atoms with E-state index in [9.17, 15) is 0 Å². The monoisotopic (exact) mass is 843 g/mol. The lowest BCUT2D eigenvalue weighted by Gasteiger charge is -2.27. The second kappa shape index (κ2) is 20.3. The Bertz CT molecular complexity index is 2800. The highest BCUT2D eigenvalue weighted by molar-refractivity contribution is 5.83. The first-order valence-electron chi connectivity index (χ1n) is 23.2. The molecule has 65 heavy (non-hydrogen) atoms. The standard InChI is InChI=1S/C62H57N3/c1-4-6-16-48-23-35-57(36-24-48)64(56-21-14-9-15-22-56)60-41-29-51(30-42-60)53-33-45-62(46-34-53)65(58-37-25-49(26-38-58)47(3)5-2)61-43-31-52(32-44-61)50-27-39-59(40-28-50)63(54-17-10-7-11-18-54)55-19-12-8-13-20-55/h7-15,17-47H,4-6,16H2,1-3H3. The number of para-hydroxylation sites is 3. The van der Waals surface area contributed by atoms with Crippen molar-refractivity contribution in [2.75, 3.05) is 14.7 Å². The Morgan fingerprint density at radius 1 is 0.308 bits per heavy atom. The van der Waals surface area contributed by atoms with Crippen molar-refractivity contribution in [2.24, 2.45) is 0 Å². The Labute approximate surface area is 386 Å². The number of unbranched alkanes of at least 4 members (excludes halogenated alkanes) is 1. The molecule has 0 amide bonds. The van der Waals surface area contributed by atoms with Gasteiger partial charge in [0, 0.05) is 51.2 Å². The third-order valence-electron chi connectivity index (χ3n) is 12.6. The number of rotatable bonds is 16. The molecule has 3 heteroatoms. The molecule has 0 bridgehead atoms. The molecule has 9 aromatic rings. The molecule has 1 atom stereocenters. The van der Waals surface area contributed by atoms with Gasteiger partial charge in [-0.05, 0) is 168 Å². The molecule has 0 fully saturated rings. The maximum absolute atomic E-state index is 2.36. The first-order valence-corrected chi connectivity index (χ1v) is 23.2. The summed E-state index contributed by atoms with van der Waals surface area (Å²) in [5.41, 5.74) is 17.6. The molecule has 320 valence electrons. The summed E-state index contributed by atoms with van der Waals surface area (Å²) in [6.45, 7) is 6.80. The van der Waals surface area contributed by atoms with Crippen molar-refractivity contribution in [2.45, 2.75) is 52.4 Å². The summed E-state index contributed by atoms with van der Waals surface area (Å²) in [5, 5.41) is 0. The van der Waals surface area contributed by atoms with E-state index in [4.69, 9.17) is 0 Å². The first-order chi connectivity index (χ1) is 32.1. The van der Waals surface area contributed by atoms with Gasteiger partial charge in [-0.15, -0.1) is 0 Å². The van der Waals surface area contributed by atoms with E-state index in [2.05, 4.69) is 272 Å². The lowest BCUT2D eigenvalue weighted by atomic mass is 9.98. The van der Waals surface area contributed by atoms with Gasteiger partial charge in [0.05, 0.1) is 0 Å². The highest BCUT2D eigenvalue weighted by atomic mass is 15.2. The Morgan fingerprint density at radius 2 is 0.569 bits per heavy atom. The van der Waals surface area contributed by atoms with Gasteiger partial charge in [0.2, 0.25) is 0 Å². The molecule has 0 aromatic heterocycles. The lowest BCUT2D eigenvalue weighted by Crippen LogP contribution is -2.10. The van der Waals surface area contributed by atoms with E-state index in [1.807, 2.05) is 0 Å². The van der Waals surface area contributed by atoms with Crippen LogP contribution in [0.15, 0.2) is 237 Å². The Kier molecular flexibility index (Phi) is 13.3. The molecule has 0 aliphatic rings. The van der Waals surface area contributed by atoms with Crippen LogP contribution in [0.5, 0.6) is 0 Å². The molecule has 9 rings (SSSR count). The van der Waals surface area contributed by atoms with Crippen LogP contribution in [-0.4, -0.2) is 0 Å². The SMILES string of the molecule is CCCCc1ccc(N(c2ccccc2)c2ccc(-c3ccc(N(c4ccc(-c5ccc(N(c6ccccc6)c6ccccc6)cc5)cc4)c4ccc(C(C)CC)cc4)cc3)cc2)cc1. The number of aryl methyl sites for hydroxylation is 1. The third-order valence-corrected chi connectivity index (χ3v) is 12.6. The predicted molar refractivity (Wildman–Crippen MR) is 279 cm³/mol. The maximum Gasteiger partial charge on any atom is 0.0462 e.